The van der Waals surface area contributed by atoms with Crippen molar-refractivity contribution in [3.63, 3.8) is 0 Å². The molecule has 2 aliphatic rings. The summed E-state index contributed by atoms with van der Waals surface area (Å²) < 4.78 is 11.9. The normalized spacial score (nSPS) is 25.8. The third-order valence-corrected chi connectivity index (χ3v) is 4.82. The van der Waals surface area contributed by atoms with E-state index in [1.807, 2.05) is 20.8 Å². The van der Waals surface area contributed by atoms with Crippen molar-refractivity contribution in [2.24, 2.45) is 0 Å². The molecule has 0 aliphatic carbocycles. The van der Waals surface area contributed by atoms with Crippen molar-refractivity contribution < 1.29 is 14.3 Å². The van der Waals surface area contributed by atoms with Gasteiger partial charge in [-0.15, -0.1) is 0 Å². The zero-order valence-corrected chi connectivity index (χ0v) is 15.8. The summed E-state index contributed by atoms with van der Waals surface area (Å²) in [6.45, 7) is 5.84. The van der Waals surface area contributed by atoms with Gasteiger partial charge in [0, 0.05) is 18.9 Å². The average molecular weight is 386 g/mol. The molecule has 1 saturated heterocycles. The van der Waals surface area contributed by atoms with Crippen LogP contribution >= 0.6 is 0 Å². The van der Waals surface area contributed by atoms with E-state index in [-0.39, 0.29) is 29.5 Å². The summed E-state index contributed by atoms with van der Waals surface area (Å²) in [7, 11) is 0. The highest BCUT2D eigenvalue weighted by Gasteiger charge is 2.48. The number of H-pyrrole nitrogens is 1. The van der Waals surface area contributed by atoms with Crippen molar-refractivity contribution in [3.8, 4) is 0 Å². The number of fused-ring (bicyclic) bond motifs is 1. The molecule has 148 valence electrons. The number of amides is 1. The predicted octanol–water partition coefficient (Wildman–Crippen LogP) is 0.728. The topological polar surface area (TPSA) is 135 Å². The molecule has 0 saturated carbocycles. The van der Waals surface area contributed by atoms with E-state index in [4.69, 9.17) is 15.2 Å². The van der Waals surface area contributed by atoms with E-state index in [0.717, 1.165) is 0 Å². The zero-order chi connectivity index (χ0) is 20.1. The molecule has 1 fully saturated rings. The Bertz CT molecular complexity index is 960. The van der Waals surface area contributed by atoms with E-state index in [2.05, 4.69) is 20.3 Å². The first-order chi connectivity index (χ1) is 13.3. The minimum absolute atomic E-state index is 0.0292. The molecule has 28 heavy (non-hydrogen) atoms. The Kier molecular flexibility index (Phi) is 4.31. The van der Waals surface area contributed by atoms with Gasteiger partial charge in [-0.2, -0.15) is 4.98 Å². The predicted molar refractivity (Wildman–Crippen MR) is 102 cm³/mol. The van der Waals surface area contributed by atoms with Gasteiger partial charge in [-0.3, -0.25) is 24.5 Å². The van der Waals surface area contributed by atoms with Crippen LogP contribution < -0.4 is 21.5 Å². The number of hydrogen-bond acceptors (Lipinski definition) is 8. The molecule has 0 bridgehead atoms. The molecule has 2 aromatic rings. The SMILES string of the molecule is C[C@@H]1OC(C)(C)O[C@H]1[C@H]1CNc2nc(N)[nH]c(=O)c2N1C(=O)c1cccnc1. The summed E-state index contributed by atoms with van der Waals surface area (Å²) in [6.07, 6.45) is 2.30. The second kappa shape index (κ2) is 6.57. The van der Waals surface area contributed by atoms with E-state index in [1.165, 1.54) is 11.1 Å². The van der Waals surface area contributed by atoms with Gasteiger partial charge in [0.25, 0.3) is 11.5 Å². The lowest BCUT2D eigenvalue weighted by Crippen LogP contribution is -2.57. The van der Waals surface area contributed by atoms with E-state index >= 15 is 0 Å². The molecule has 4 N–H and O–H groups in total. The quantitative estimate of drug-likeness (QED) is 0.687. The molecule has 2 aromatic heterocycles. The number of nitrogen functional groups attached to an aromatic ring is 1. The van der Waals surface area contributed by atoms with E-state index in [0.29, 0.717) is 12.1 Å². The van der Waals surface area contributed by atoms with Crippen LogP contribution in [-0.4, -0.2) is 51.4 Å². The van der Waals surface area contributed by atoms with Gasteiger partial charge in [0.1, 0.15) is 6.10 Å². The Morgan fingerprint density at radius 1 is 1.39 bits per heavy atom. The van der Waals surface area contributed by atoms with Crippen LogP contribution in [0.4, 0.5) is 17.5 Å². The fraction of sp³-hybridized carbons (Fsp3) is 0.444. The van der Waals surface area contributed by atoms with Crippen molar-refractivity contribution in [3.05, 3.63) is 40.4 Å². The fourth-order valence-corrected chi connectivity index (χ4v) is 3.79. The van der Waals surface area contributed by atoms with Crippen LogP contribution in [0, 0.1) is 0 Å². The number of nitrogens with one attached hydrogen (secondary N) is 2. The average Bonchev–Trinajstić information content (AvgIpc) is 2.93. The Morgan fingerprint density at radius 2 is 2.18 bits per heavy atom. The lowest BCUT2D eigenvalue weighted by molar-refractivity contribution is -0.146. The molecular weight excluding hydrogens is 364 g/mol. The number of hydrogen-bond donors (Lipinski definition) is 3. The van der Waals surface area contributed by atoms with Gasteiger partial charge >= 0.3 is 0 Å². The fourth-order valence-electron chi connectivity index (χ4n) is 3.79. The Hall–Kier alpha value is -2.98. The lowest BCUT2D eigenvalue weighted by Gasteiger charge is -2.39. The monoisotopic (exact) mass is 386 g/mol. The minimum atomic E-state index is -0.792. The first-order valence-electron chi connectivity index (χ1n) is 9.00. The highest BCUT2D eigenvalue weighted by atomic mass is 16.8. The Morgan fingerprint density at radius 3 is 2.82 bits per heavy atom. The van der Waals surface area contributed by atoms with Gasteiger partial charge in [0.05, 0.1) is 17.7 Å². The van der Waals surface area contributed by atoms with Gasteiger partial charge in [-0.1, -0.05) is 0 Å². The lowest BCUT2D eigenvalue weighted by atomic mass is 10.0. The number of ether oxygens (including phenoxy) is 2. The van der Waals surface area contributed by atoms with Crippen molar-refractivity contribution in [1.82, 2.24) is 15.0 Å². The summed E-state index contributed by atoms with van der Waals surface area (Å²) in [6, 6.07) is 2.81. The van der Waals surface area contributed by atoms with E-state index < -0.39 is 23.5 Å². The maximum absolute atomic E-state index is 13.4. The minimum Gasteiger partial charge on any atom is -0.369 e. The maximum atomic E-state index is 13.4. The number of nitrogens with two attached hydrogens (primary N) is 1. The standard InChI is InChI=1S/C18H22N6O4/c1-9-13(28-18(2,3)27-9)11-8-21-14-12(15(25)23-17(19)22-14)24(11)16(26)10-5-4-6-20-7-10/h4-7,9,11,13H,8H2,1-3H3,(H4,19,21,22,23,25)/t9-,11+,13+/m0/s1. The molecule has 4 heterocycles. The van der Waals surface area contributed by atoms with Crippen molar-refractivity contribution in [2.45, 2.75) is 44.8 Å². The van der Waals surface area contributed by atoms with Gasteiger partial charge in [-0.25, -0.2) is 0 Å². The molecule has 0 radical (unpaired) electrons. The molecule has 0 aromatic carbocycles. The van der Waals surface area contributed by atoms with Gasteiger partial charge in [0.15, 0.2) is 17.3 Å². The van der Waals surface area contributed by atoms with Crippen LogP contribution in [0.3, 0.4) is 0 Å². The van der Waals surface area contributed by atoms with Crippen molar-refractivity contribution in [1.29, 1.82) is 0 Å². The van der Waals surface area contributed by atoms with Gasteiger partial charge in [-0.05, 0) is 32.9 Å². The number of anilines is 3. The first kappa shape index (κ1) is 18.4. The van der Waals surface area contributed by atoms with Crippen molar-refractivity contribution >= 4 is 23.4 Å². The van der Waals surface area contributed by atoms with Crippen LogP contribution in [-0.2, 0) is 9.47 Å². The number of aromatic amines is 1. The highest BCUT2D eigenvalue weighted by Crippen LogP contribution is 2.36. The zero-order valence-electron chi connectivity index (χ0n) is 15.8. The molecule has 4 rings (SSSR count). The molecule has 10 nitrogen and oxygen atoms in total. The summed E-state index contributed by atoms with van der Waals surface area (Å²) in [4.78, 5) is 38.1. The van der Waals surface area contributed by atoms with Crippen LogP contribution in [0.2, 0.25) is 0 Å². The molecule has 1 amide bonds. The second-order valence-electron chi connectivity index (χ2n) is 7.32. The van der Waals surface area contributed by atoms with Crippen LogP contribution in [0.15, 0.2) is 29.3 Å². The summed E-state index contributed by atoms with van der Waals surface area (Å²) in [5, 5.41) is 3.10. The third kappa shape index (κ3) is 3.10. The highest BCUT2D eigenvalue weighted by molar-refractivity contribution is 6.08. The van der Waals surface area contributed by atoms with Crippen LogP contribution in [0.5, 0.6) is 0 Å². The van der Waals surface area contributed by atoms with E-state index in [9.17, 15) is 9.59 Å². The second-order valence-corrected chi connectivity index (χ2v) is 7.32. The summed E-state index contributed by atoms with van der Waals surface area (Å²) in [5.41, 5.74) is 5.60. The van der Waals surface area contributed by atoms with Gasteiger partial charge in [0.2, 0.25) is 5.95 Å². The van der Waals surface area contributed by atoms with Gasteiger partial charge < -0.3 is 20.5 Å². The number of aromatic nitrogens is 3. The first-order valence-corrected chi connectivity index (χ1v) is 9.00. The summed E-state index contributed by atoms with van der Waals surface area (Å²) >= 11 is 0. The maximum Gasteiger partial charge on any atom is 0.278 e. The smallest absolute Gasteiger partial charge is 0.278 e. The molecule has 3 atom stereocenters. The number of rotatable bonds is 2. The van der Waals surface area contributed by atoms with Crippen LogP contribution in [0.25, 0.3) is 0 Å². The van der Waals surface area contributed by atoms with Crippen LogP contribution in [0.1, 0.15) is 31.1 Å². The summed E-state index contributed by atoms with van der Waals surface area (Å²) in [5.74, 6) is -0.948. The number of carbonyl (C=O) groups is 1. The molecule has 2 aliphatic heterocycles. The number of pyridine rings is 1. The van der Waals surface area contributed by atoms with E-state index in [1.54, 1.807) is 18.3 Å². The molecule has 0 spiro atoms. The number of nitrogens with zero attached hydrogens (tertiary/aromatic N) is 3. The molecule has 10 heteroatoms. The number of carbonyl (C=O) groups excluding carboxylic acids is 1. The molecule has 0 unspecified atom stereocenters. The van der Waals surface area contributed by atoms with Crippen molar-refractivity contribution in [2.75, 3.05) is 22.5 Å². The largest absolute Gasteiger partial charge is 0.369 e. The Balaban J connectivity index is 1.82. The molecular formula is C18H22N6O4. The third-order valence-electron chi connectivity index (χ3n) is 4.82. The Labute approximate surface area is 161 Å².